The Kier molecular flexibility index (Phi) is 3.93. The van der Waals surface area contributed by atoms with Gasteiger partial charge in [0.25, 0.3) is 0 Å². The Morgan fingerprint density at radius 1 is 1.23 bits per heavy atom. The first-order valence-electron chi connectivity index (χ1n) is 7.76. The number of nitrogens with zero attached hydrogens (tertiary/aromatic N) is 2. The number of hydrogen-bond donors (Lipinski definition) is 0. The minimum absolute atomic E-state index is 0.199. The van der Waals surface area contributed by atoms with Crippen LogP contribution >= 0.6 is 0 Å². The molecule has 22 heavy (non-hydrogen) atoms. The van der Waals surface area contributed by atoms with Crippen LogP contribution in [-0.4, -0.2) is 41.8 Å². The van der Waals surface area contributed by atoms with Crippen LogP contribution in [0.5, 0.6) is 0 Å². The molecule has 2 aromatic heterocycles. The molecule has 0 aromatic carbocycles. The topological polar surface area (TPSA) is 47.7 Å². The van der Waals surface area contributed by atoms with Gasteiger partial charge < -0.3 is 13.9 Å². The largest absolute Gasteiger partial charge is 0.468 e. The molecule has 0 radical (unpaired) electrons. The second-order valence-electron chi connectivity index (χ2n) is 5.95. The number of rotatable bonds is 5. The van der Waals surface area contributed by atoms with Gasteiger partial charge in [0.1, 0.15) is 5.76 Å². The van der Waals surface area contributed by atoms with Gasteiger partial charge in [0.15, 0.2) is 0 Å². The first kappa shape index (κ1) is 13.9. The molecule has 0 aliphatic carbocycles. The maximum atomic E-state index is 6.14. The summed E-state index contributed by atoms with van der Waals surface area (Å²) < 4.78 is 17.3. The Labute approximate surface area is 129 Å². The lowest BCUT2D eigenvalue weighted by Gasteiger charge is -2.20. The van der Waals surface area contributed by atoms with Crippen molar-refractivity contribution < 1.29 is 13.9 Å². The first-order chi connectivity index (χ1) is 10.9. The van der Waals surface area contributed by atoms with Crippen LogP contribution in [0, 0.1) is 5.92 Å². The van der Waals surface area contributed by atoms with Crippen molar-refractivity contribution in [3.05, 3.63) is 54.2 Å². The van der Waals surface area contributed by atoms with E-state index in [-0.39, 0.29) is 6.10 Å². The normalized spacial score (nSPS) is 28.1. The zero-order chi connectivity index (χ0) is 14.8. The summed E-state index contributed by atoms with van der Waals surface area (Å²) in [5.41, 5.74) is 0.974. The van der Waals surface area contributed by atoms with Gasteiger partial charge in [-0.05, 0) is 24.3 Å². The van der Waals surface area contributed by atoms with E-state index in [9.17, 15) is 0 Å². The summed E-state index contributed by atoms with van der Waals surface area (Å²) in [4.78, 5) is 6.74. The third-order valence-electron chi connectivity index (χ3n) is 4.56. The van der Waals surface area contributed by atoms with E-state index in [0.717, 1.165) is 37.8 Å². The van der Waals surface area contributed by atoms with E-state index < -0.39 is 0 Å². The van der Waals surface area contributed by atoms with Crippen LogP contribution in [0.3, 0.4) is 0 Å². The fraction of sp³-hybridized carbons (Fsp3) is 0.471. The van der Waals surface area contributed by atoms with Crippen LogP contribution < -0.4 is 0 Å². The lowest BCUT2D eigenvalue weighted by molar-refractivity contribution is 0.00707. The molecule has 4 heterocycles. The smallest absolute Gasteiger partial charge is 0.117 e. The highest BCUT2D eigenvalue weighted by molar-refractivity contribution is 5.05. The van der Waals surface area contributed by atoms with Crippen LogP contribution in [0.1, 0.15) is 11.5 Å². The molecule has 2 saturated heterocycles. The van der Waals surface area contributed by atoms with E-state index in [2.05, 4.69) is 9.88 Å². The summed E-state index contributed by atoms with van der Waals surface area (Å²) in [5, 5.41) is 0. The summed E-state index contributed by atoms with van der Waals surface area (Å²) in [5.74, 6) is 1.44. The number of fused-ring (bicyclic) bond motifs is 1. The molecule has 0 spiro atoms. The number of furan rings is 1. The van der Waals surface area contributed by atoms with Crippen LogP contribution in [-0.2, 0) is 22.6 Å². The molecular weight excluding hydrogens is 280 g/mol. The fourth-order valence-electron chi connectivity index (χ4n) is 3.43. The highest BCUT2D eigenvalue weighted by atomic mass is 16.5. The molecule has 0 amide bonds. The van der Waals surface area contributed by atoms with Gasteiger partial charge in [0, 0.05) is 24.7 Å². The molecule has 5 heteroatoms. The predicted molar refractivity (Wildman–Crippen MR) is 80.0 cm³/mol. The van der Waals surface area contributed by atoms with E-state index in [1.807, 2.05) is 30.3 Å². The van der Waals surface area contributed by atoms with Crippen molar-refractivity contribution in [3.8, 4) is 0 Å². The molecule has 0 unspecified atom stereocenters. The lowest BCUT2D eigenvalue weighted by Crippen LogP contribution is -2.32. The summed E-state index contributed by atoms with van der Waals surface area (Å²) in [6.45, 7) is 3.87. The van der Waals surface area contributed by atoms with Crippen molar-refractivity contribution in [3.63, 3.8) is 0 Å². The van der Waals surface area contributed by atoms with Crippen molar-refractivity contribution in [1.82, 2.24) is 9.88 Å². The van der Waals surface area contributed by atoms with Gasteiger partial charge in [-0.3, -0.25) is 9.88 Å². The quantitative estimate of drug-likeness (QED) is 0.846. The molecule has 2 aliphatic heterocycles. The molecule has 0 saturated carbocycles. The van der Waals surface area contributed by atoms with Crippen molar-refractivity contribution in [2.75, 3.05) is 19.8 Å². The monoisotopic (exact) mass is 300 g/mol. The van der Waals surface area contributed by atoms with Gasteiger partial charge in [0.05, 0.1) is 44.4 Å². The molecule has 0 bridgehead atoms. The Balaban J connectivity index is 1.40. The maximum Gasteiger partial charge on any atom is 0.117 e. The average molecular weight is 300 g/mol. The summed E-state index contributed by atoms with van der Waals surface area (Å²) in [6, 6.07) is 10.3. The second-order valence-corrected chi connectivity index (χ2v) is 5.95. The van der Waals surface area contributed by atoms with E-state index in [0.29, 0.717) is 18.6 Å². The molecule has 2 aliphatic rings. The Morgan fingerprint density at radius 2 is 2.23 bits per heavy atom. The highest BCUT2D eigenvalue weighted by Gasteiger charge is 2.46. The Hall–Kier alpha value is -1.69. The van der Waals surface area contributed by atoms with Gasteiger partial charge in [0.2, 0.25) is 0 Å². The minimum Gasteiger partial charge on any atom is -0.468 e. The molecular formula is C17H20N2O3. The third kappa shape index (κ3) is 2.79. The number of aromatic nitrogens is 1. The van der Waals surface area contributed by atoms with Crippen LogP contribution in [0.25, 0.3) is 0 Å². The van der Waals surface area contributed by atoms with Crippen LogP contribution in [0.2, 0.25) is 0 Å². The standard InChI is InChI=1S/C17H20N2O3/c1-2-6-18-13(4-1)10-22-17-9-19(8-14-5-3-7-21-14)16-12-20-11-15(16)17/h1-7,15-17H,8-12H2/t15-,16+,17-/m0/s1. The lowest BCUT2D eigenvalue weighted by atomic mass is 10.0. The summed E-state index contributed by atoms with van der Waals surface area (Å²) in [7, 11) is 0. The second kappa shape index (κ2) is 6.20. The highest BCUT2D eigenvalue weighted by Crippen LogP contribution is 2.33. The van der Waals surface area contributed by atoms with E-state index in [1.165, 1.54) is 0 Å². The van der Waals surface area contributed by atoms with Gasteiger partial charge in [-0.2, -0.15) is 0 Å². The van der Waals surface area contributed by atoms with Crippen molar-refractivity contribution in [2.24, 2.45) is 5.92 Å². The number of hydrogen-bond acceptors (Lipinski definition) is 5. The molecule has 3 atom stereocenters. The number of likely N-dealkylation sites (tertiary alicyclic amines) is 1. The predicted octanol–water partition coefficient (Wildman–Crippen LogP) is 2.09. The molecule has 5 nitrogen and oxygen atoms in total. The molecule has 0 N–H and O–H groups in total. The van der Waals surface area contributed by atoms with Crippen LogP contribution in [0.15, 0.2) is 47.2 Å². The summed E-state index contributed by atoms with van der Waals surface area (Å²) in [6.07, 6.45) is 3.73. The zero-order valence-electron chi connectivity index (χ0n) is 12.4. The molecule has 2 aromatic rings. The van der Waals surface area contributed by atoms with E-state index in [1.54, 1.807) is 12.5 Å². The number of ether oxygens (including phenoxy) is 2. The van der Waals surface area contributed by atoms with Gasteiger partial charge in [-0.1, -0.05) is 6.07 Å². The Morgan fingerprint density at radius 3 is 3.05 bits per heavy atom. The third-order valence-corrected chi connectivity index (χ3v) is 4.56. The SMILES string of the molecule is c1ccc(CO[C@H]2CN(Cc3ccco3)[C@@H]3COC[C@H]23)nc1. The van der Waals surface area contributed by atoms with Gasteiger partial charge >= 0.3 is 0 Å². The van der Waals surface area contributed by atoms with E-state index in [4.69, 9.17) is 13.9 Å². The molecule has 2 fully saturated rings. The Bertz CT molecular complexity index is 587. The minimum atomic E-state index is 0.199. The van der Waals surface area contributed by atoms with Gasteiger partial charge in [-0.15, -0.1) is 0 Å². The fourth-order valence-corrected chi connectivity index (χ4v) is 3.43. The van der Waals surface area contributed by atoms with Crippen molar-refractivity contribution in [2.45, 2.75) is 25.3 Å². The zero-order valence-corrected chi connectivity index (χ0v) is 12.4. The van der Waals surface area contributed by atoms with Crippen molar-refractivity contribution in [1.29, 1.82) is 0 Å². The first-order valence-corrected chi connectivity index (χ1v) is 7.76. The summed E-state index contributed by atoms with van der Waals surface area (Å²) >= 11 is 0. The average Bonchev–Trinajstić information content (AvgIpc) is 3.26. The van der Waals surface area contributed by atoms with Crippen LogP contribution in [0.4, 0.5) is 0 Å². The van der Waals surface area contributed by atoms with Crippen molar-refractivity contribution >= 4 is 0 Å². The molecule has 4 rings (SSSR count). The number of pyridine rings is 1. The van der Waals surface area contributed by atoms with Gasteiger partial charge in [-0.25, -0.2) is 0 Å². The van der Waals surface area contributed by atoms with E-state index >= 15 is 0 Å². The molecule has 116 valence electrons. The maximum absolute atomic E-state index is 6.14.